The molecule has 7 rings (SSSR count). The van der Waals surface area contributed by atoms with Gasteiger partial charge in [0, 0.05) is 12.4 Å². The summed E-state index contributed by atoms with van der Waals surface area (Å²) in [6.07, 6.45) is 1.95. The van der Waals surface area contributed by atoms with Crippen LogP contribution in [0.15, 0.2) is 84.4 Å². The molecule has 5 heterocycles. The zero-order valence-corrected chi connectivity index (χ0v) is 34.4. The number of aliphatic hydroxyl groups is 1. The molecule has 3 aromatic rings. The topological polar surface area (TPSA) is 121 Å². The number of fused-ring (bicyclic) bond motifs is 4. The van der Waals surface area contributed by atoms with E-state index < -0.39 is 47.4 Å². The molecular weight excluding hydrogens is 727 g/mol. The van der Waals surface area contributed by atoms with E-state index in [2.05, 4.69) is 60.7 Å². The van der Waals surface area contributed by atoms with Crippen LogP contribution in [0, 0.1) is 0 Å². The Bertz CT molecular complexity index is 1830. The maximum atomic E-state index is 13.4. The molecule has 284 valence electrons. The van der Waals surface area contributed by atoms with Crippen LogP contribution in [0.3, 0.4) is 0 Å². The van der Waals surface area contributed by atoms with E-state index in [1.165, 1.54) is 0 Å². The lowest BCUT2D eigenvalue weighted by Crippen LogP contribution is -2.68. The summed E-state index contributed by atoms with van der Waals surface area (Å²) in [4.78, 5) is 11.6. The van der Waals surface area contributed by atoms with Crippen LogP contribution < -0.4 is 15.0 Å². The Morgan fingerprint density at radius 2 is 1.60 bits per heavy atom. The third kappa shape index (κ3) is 6.48. The van der Waals surface area contributed by atoms with Crippen molar-refractivity contribution in [3.05, 3.63) is 90.6 Å². The van der Waals surface area contributed by atoms with Crippen LogP contribution in [-0.2, 0) is 29.0 Å². The van der Waals surface area contributed by atoms with Gasteiger partial charge in [-0.1, -0.05) is 104 Å². The summed E-state index contributed by atoms with van der Waals surface area (Å²) < 4.78 is 43.4. The molecule has 2 saturated heterocycles. The number of ether oxygens (including phenoxy) is 3. The Morgan fingerprint density at radius 3 is 2.25 bits per heavy atom. The smallest absolute Gasteiger partial charge is 0.335 e. The minimum Gasteiger partial charge on any atom is -0.471 e. The van der Waals surface area contributed by atoms with Gasteiger partial charge in [-0.05, 0) is 52.1 Å². The number of nitrogens with one attached hydrogen (secondary N) is 1. The molecule has 0 amide bonds. The molecule has 0 radical (unpaired) electrons. The van der Waals surface area contributed by atoms with E-state index in [1.807, 2.05) is 65.8 Å². The fraction of sp³-hybridized carbons (Fsp3) is 0.500. The normalized spacial score (nSPS) is 27.2. The third-order valence-corrected chi connectivity index (χ3v) is 21.4. The summed E-state index contributed by atoms with van der Waals surface area (Å²) >= 11 is 6.10. The van der Waals surface area contributed by atoms with Gasteiger partial charge in [-0.2, -0.15) is 0 Å². The zero-order valence-electron chi connectivity index (χ0n) is 31.6. The first-order chi connectivity index (χ1) is 25.3. The second kappa shape index (κ2) is 14.7. The number of hydrogen-bond donors (Lipinski definition) is 2. The Labute approximate surface area is 319 Å². The van der Waals surface area contributed by atoms with Gasteiger partial charge in [-0.3, -0.25) is 9.47 Å². The monoisotopic (exact) mass is 777 g/mol. The maximum Gasteiger partial charge on any atom is 0.335 e. The molecule has 2 N–H and O–H groups in total. The van der Waals surface area contributed by atoms with Crippen LogP contribution in [0.2, 0.25) is 22.2 Å². The van der Waals surface area contributed by atoms with Gasteiger partial charge >= 0.3 is 17.1 Å². The Hall–Kier alpha value is -3.42. The number of thiocarbonyl (C=S) groups is 1. The molecule has 15 heteroatoms. The highest BCUT2D eigenvalue weighted by molar-refractivity contribution is 7.80. The first kappa shape index (κ1) is 37.9. The van der Waals surface area contributed by atoms with Crippen LogP contribution >= 0.6 is 12.2 Å². The molecule has 4 aliphatic rings. The van der Waals surface area contributed by atoms with Crippen molar-refractivity contribution in [2.75, 3.05) is 11.5 Å². The van der Waals surface area contributed by atoms with E-state index in [0.29, 0.717) is 29.8 Å². The minimum absolute atomic E-state index is 0.00393. The van der Waals surface area contributed by atoms with E-state index in [9.17, 15) is 5.11 Å². The molecule has 1 aromatic heterocycles. The summed E-state index contributed by atoms with van der Waals surface area (Å²) in [5.74, 6) is 1.45. The number of nitrogens with zero attached hydrogens (tertiary/aromatic N) is 4. The molecule has 0 saturated carbocycles. The summed E-state index contributed by atoms with van der Waals surface area (Å²) in [6, 6.07) is 19.1. The van der Waals surface area contributed by atoms with Gasteiger partial charge in [0.1, 0.15) is 24.6 Å². The first-order valence-electron chi connectivity index (χ1n) is 18.5. The Balaban J connectivity index is 1.35. The SMILES string of the molecule is CC(C)[Si]1(C(C)C)OCC2OC(n3cnc4c3N3C=CNC3N=C4OCc3ccccc3)C(O)(C(=S)Oc3ccccc3)C2O[Si](C(C)C)(C(C)C)O1. The predicted octanol–water partition coefficient (Wildman–Crippen LogP) is 7.02. The molecule has 0 spiro atoms. The van der Waals surface area contributed by atoms with Crippen molar-refractivity contribution in [2.24, 2.45) is 4.99 Å². The molecular formula is C38H51N5O7SSi2. The fourth-order valence-corrected chi connectivity index (χ4v) is 19.5. The van der Waals surface area contributed by atoms with E-state index in [-0.39, 0.29) is 33.8 Å². The largest absolute Gasteiger partial charge is 0.471 e. The Kier molecular flexibility index (Phi) is 10.5. The summed E-state index contributed by atoms with van der Waals surface area (Å²) in [5.41, 5.74) is -0.252. The average molecular weight is 778 g/mol. The molecule has 0 aliphatic carbocycles. The standard InChI is InChI=1S/C38H51N5O7SSi2/c1-24(2)52(25(3)4)46-22-30-32(49-53(50-52,26(5)6)27(7)8)38(44,36(51)47-29-17-13-10-14-18-29)35(48-30)43-23-40-31-33(45-21-28-15-11-9-12-16-28)41-37-39-19-20-42(37)34(31)43/h9-20,23-27,30,32,35,37,39,44H,21-22H2,1-8H3. The van der Waals surface area contributed by atoms with Crippen molar-refractivity contribution in [2.45, 2.75) is 114 Å². The van der Waals surface area contributed by atoms with Crippen molar-refractivity contribution in [1.29, 1.82) is 0 Å². The van der Waals surface area contributed by atoms with Gasteiger partial charge in [0.25, 0.3) is 0 Å². The van der Waals surface area contributed by atoms with Crippen LogP contribution in [0.5, 0.6) is 5.75 Å². The van der Waals surface area contributed by atoms with Crippen molar-refractivity contribution >= 4 is 46.1 Å². The van der Waals surface area contributed by atoms with Gasteiger partial charge in [0.2, 0.25) is 22.8 Å². The highest BCUT2D eigenvalue weighted by Gasteiger charge is 2.68. The lowest BCUT2D eigenvalue weighted by atomic mass is 9.94. The van der Waals surface area contributed by atoms with Crippen LogP contribution in [-0.4, -0.2) is 73.4 Å². The highest BCUT2D eigenvalue weighted by atomic mass is 32.1. The fourth-order valence-electron chi connectivity index (χ4n) is 7.95. The van der Waals surface area contributed by atoms with Crippen molar-refractivity contribution in [1.82, 2.24) is 14.9 Å². The number of para-hydroxylation sites is 1. The van der Waals surface area contributed by atoms with E-state index in [1.54, 1.807) is 23.0 Å². The second-order valence-electron chi connectivity index (χ2n) is 15.4. The molecule has 2 fully saturated rings. The maximum absolute atomic E-state index is 13.4. The number of benzene rings is 2. The van der Waals surface area contributed by atoms with Crippen LogP contribution in [0.4, 0.5) is 5.82 Å². The highest BCUT2D eigenvalue weighted by Crippen LogP contribution is 2.52. The number of aromatic nitrogens is 2. The zero-order chi connectivity index (χ0) is 37.7. The number of imidazole rings is 1. The summed E-state index contributed by atoms with van der Waals surface area (Å²) in [7, 11) is -6.14. The van der Waals surface area contributed by atoms with E-state index in [4.69, 9.17) is 49.4 Å². The second-order valence-corrected chi connectivity index (χ2v) is 24.6. The number of anilines is 1. The molecule has 4 aliphatic heterocycles. The third-order valence-electron chi connectivity index (χ3n) is 10.7. The molecule has 0 bridgehead atoms. The van der Waals surface area contributed by atoms with Gasteiger partial charge in [0.15, 0.2) is 17.7 Å². The average Bonchev–Trinajstić information content (AvgIpc) is 3.84. The van der Waals surface area contributed by atoms with Crippen LogP contribution in [0.25, 0.3) is 0 Å². The molecule has 5 unspecified atom stereocenters. The van der Waals surface area contributed by atoms with E-state index in [0.717, 1.165) is 5.56 Å². The number of aliphatic imine (C=N–C) groups is 1. The van der Waals surface area contributed by atoms with Crippen molar-refractivity contribution in [3.8, 4) is 5.75 Å². The van der Waals surface area contributed by atoms with Crippen LogP contribution in [0.1, 0.15) is 72.9 Å². The Morgan fingerprint density at radius 1 is 0.962 bits per heavy atom. The molecule has 2 aromatic carbocycles. The number of hydrogen-bond acceptors (Lipinski definition) is 12. The minimum atomic E-state index is -3.23. The van der Waals surface area contributed by atoms with Crippen molar-refractivity contribution < 1.29 is 32.3 Å². The molecule has 53 heavy (non-hydrogen) atoms. The van der Waals surface area contributed by atoms with E-state index >= 15 is 0 Å². The van der Waals surface area contributed by atoms with Gasteiger partial charge in [0.05, 0.1) is 12.9 Å². The lowest BCUT2D eigenvalue weighted by Gasteiger charge is -2.52. The number of rotatable bonds is 9. The van der Waals surface area contributed by atoms with Crippen molar-refractivity contribution in [3.63, 3.8) is 0 Å². The molecule has 5 atom stereocenters. The predicted molar refractivity (Wildman–Crippen MR) is 211 cm³/mol. The first-order valence-corrected chi connectivity index (χ1v) is 22.9. The summed E-state index contributed by atoms with van der Waals surface area (Å²) in [5, 5.41) is 16.6. The van der Waals surface area contributed by atoms with Gasteiger partial charge < -0.3 is 37.6 Å². The lowest BCUT2D eigenvalue weighted by molar-refractivity contribution is -0.0708. The van der Waals surface area contributed by atoms with Gasteiger partial charge in [-0.15, -0.1) is 0 Å². The summed E-state index contributed by atoms with van der Waals surface area (Å²) in [6.45, 7) is 17.7. The quantitative estimate of drug-likeness (QED) is 0.172. The molecule has 12 nitrogen and oxygen atoms in total. The van der Waals surface area contributed by atoms with Gasteiger partial charge in [-0.25, -0.2) is 9.98 Å².